The summed E-state index contributed by atoms with van der Waals surface area (Å²) in [4.78, 5) is 2.52. The number of likely N-dealkylation sites (N-methyl/N-ethyl adjacent to an activating group) is 1. The first-order valence-corrected chi connectivity index (χ1v) is 6.26. The second-order valence-corrected chi connectivity index (χ2v) is 4.91. The Kier molecular flexibility index (Phi) is 5.03. The Labute approximate surface area is 93.9 Å². The molecule has 1 saturated heterocycles. The molecule has 3 nitrogen and oxygen atoms in total. The molecule has 2 unspecified atom stereocenters. The maximum Gasteiger partial charge on any atom is 0.0741 e. The zero-order valence-corrected chi connectivity index (χ0v) is 10.4. The lowest BCUT2D eigenvalue weighted by Gasteiger charge is -2.26. The summed E-state index contributed by atoms with van der Waals surface area (Å²) in [7, 11) is 0. The highest BCUT2D eigenvalue weighted by atomic mass is 16.3. The summed E-state index contributed by atoms with van der Waals surface area (Å²) in [6.07, 6.45) is 3.43. The van der Waals surface area contributed by atoms with Crippen LogP contribution in [-0.2, 0) is 0 Å². The third-order valence-corrected chi connectivity index (χ3v) is 3.55. The Bertz CT molecular complexity index is 182. The predicted octanol–water partition coefficient (Wildman–Crippen LogP) is 1.22. The minimum atomic E-state index is -0.546. The van der Waals surface area contributed by atoms with Crippen LogP contribution in [0, 0.1) is 0 Å². The molecule has 1 rings (SSSR count). The van der Waals surface area contributed by atoms with Crippen LogP contribution >= 0.6 is 0 Å². The number of rotatable bonds is 6. The maximum absolute atomic E-state index is 9.84. The minimum Gasteiger partial charge on any atom is -0.389 e. The molecule has 1 heterocycles. The smallest absolute Gasteiger partial charge is 0.0741 e. The number of hydrogen-bond acceptors (Lipinski definition) is 3. The molecule has 0 aromatic carbocycles. The quantitative estimate of drug-likeness (QED) is 0.698. The van der Waals surface area contributed by atoms with Gasteiger partial charge in [0, 0.05) is 19.1 Å². The SMILES string of the molecule is CCN1CCCC1CNCC(C)(O)CC. The highest BCUT2D eigenvalue weighted by Gasteiger charge is 2.23. The molecule has 0 bridgehead atoms. The molecule has 0 radical (unpaired) electrons. The lowest BCUT2D eigenvalue weighted by atomic mass is 10.0. The van der Waals surface area contributed by atoms with Crippen molar-refractivity contribution >= 4 is 0 Å². The summed E-state index contributed by atoms with van der Waals surface area (Å²) in [6, 6.07) is 0.683. The van der Waals surface area contributed by atoms with Crippen molar-refractivity contribution in [2.24, 2.45) is 0 Å². The van der Waals surface area contributed by atoms with Crippen molar-refractivity contribution in [3.63, 3.8) is 0 Å². The molecule has 2 atom stereocenters. The van der Waals surface area contributed by atoms with Crippen molar-refractivity contribution in [1.29, 1.82) is 0 Å². The van der Waals surface area contributed by atoms with E-state index in [4.69, 9.17) is 0 Å². The van der Waals surface area contributed by atoms with Gasteiger partial charge in [-0.2, -0.15) is 0 Å². The third-order valence-electron chi connectivity index (χ3n) is 3.55. The molecule has 0 aromatic rings. The molecular weight excluding hydrogens is 188 g/mol. The van der Waals surface area contributed by atoms with Gasteiger partial charge in [-0.25, -0.2) is 0 Å². The van der Waals surface area contributed by atoms with Gasteiger partial charge in [0.1, 0.15) is 0 Å². The van der Waals surface area contributed by atoms with Crippen LogP contribution in [0.25, 0.3) is 0 Å². The molecule has 0 saturated carbocycles. The van der Waals surface area contributed by atoms with E-state index in [0.717, 1.165) is 19.5 Å². The van der Waals surface area contributed by atoms with E-state index in [1.54, 1.807) is 0 Å². The van der Waals surface area contributed by atoms with Crippen LogP contribution < -0.4 is 5.32 Å². The molecular formula is C12H26N2O. The van der Waals surface area contributed by atoms with E-state index in [-0.39, 0.29) is 0 Å². The molecule has 90 valence electrons. The van der Waals surface area contributed by atoms with Crippen molar-refractivity contribution in [3.05, 3.63) is 0 Å². The van der Waals surface area contributed by atoms with Gasteiger partial charge >= 0.3 is 0 Å². The van der Waals surface area contributed by atoms with Gasteiger partial charge in [-0.15, -0.1) is 0 Å². The monoisotopic (exact) mass is 214 g/mol. The molecule has 1 aliphatic heterocycles. The van der Waals surface area contributed by atoms with Gasteiger partial charge in [0.25, 0.3) is 0 Å². The number of hydrogen-bond donors (Lipinski definition) is 2. The summed E-state index contributed by atoms with van der Waals surface area (Å²) >= 11 is 0. The minimum absolute atomic E-state index is 0.546. The second-order valence-electron chi connectivity index (χ2n) is 4.91. The maximum atomic E-state index is 9.84. The molecule has 1 aliphatic rings. The number of likely N-dealkylation sites (tertiary alicyclic amines) is 1. The van der Waals surface area contributed by atoms with Crippen molar-refractivity contribution in [2.45, 2.75) is 51.7 Å². The summed E-state index contributed by atoms with van der Waals surface area (Å²) in [6.45, 7) is 10.3. The first-order valence-electron chi connectivity index (χ1n) is 6.26. The molecule has 0 aromatic heterocycles. The molecule has 0 aliphatic carbocycles. The van der Waals surface area contributed by atoms with Crippen LogP contribution in [0.5, 0.6) is 0 Å². The van der Waals surface area contributed by atoms with Crippen LogP contribution in [0.4, 0.5) is 0 Å². The Hall–Kier alpha value is -0.120. The molecule has 3 heteroatoms. The highest BCUT2D eigenvalue weighted by Crippen LogP contribution is 2.15. The van der Waals surface area contributed by atoms with E-state index >= 15 is 0 Å². The summed E-state index contributed by atoms with van der Waals surface area (Å²) in [5.41, 5.74) is -0.546. The van der Waals surface area contributed by atoms with E-state index in [1.165, 1.54) is 19.4 Å². The fourth-order valence-corrected chi connectivity index (χ4v) is 2.18. The zero-order chi connectivity index (χ0) is 11.3. The molecule has 15 heavy (non-hydrogen) atoms. The van der Waals surface area contributed by atoms with Crippen LogP contribution in [0.3, 0.4) is 0 Å². The zero-order valence-electron chi connectivity index (χ0n) is 10.4. The average molecular weight is 214 g/mol. The highest BCUT2D eigenvalue weighted by molar-refractivity contribution is 4.82. The number of nitrogens with one attached hydrogen (secondary N) is 1. The average Bonchev–Trinajstić information content (AvgIpc) is 2.65. The summed E-state index contributed by atoms with van der Waals surface area (Å²) < 4.78 is 0. The van der Waals surface area contributed by atoms with Crippen LogP contribution in [0.2, 0.25) is 0 Å². The van der Waals surface area contributed by atoms with Crippen LogP contribution in [-0.4, -0.2) is 47.8 Å². The predicted molar refractivity (Wildman–Crippen MR) is 64.1 cm³/mol. The molecule has 1 fully saturated rings. The molecule has 0 amide bonds. The second kappa shape index (κ2) is 5.83. The largest absolute Gasteiger partial charge is 0.389 e. The van der Waals surface area contributed by atoms with Crippen molar-refractivity contribution < 1.29 is 5.11 Å². The van der Waals surface area contributed by atoms with Gasteiger partial charge in [-0.3, -0.25) is 4.90 Å². The third kappa shape index (κ3) is 4.09. The normalized spacial score (nSPS) is 26.8. The van der Waals surface area contributed by atoms with Crippen molar-refractivity contribution in [1.82, 2.24) is 10.2 Å². The fourth-order valence-electron chi connectivity index (χ4n) is 2.18. The standard InChI is InChI=1S/C12H26N2O/c1-4-12(3,15)10-13-9-11-7-6-8-14(11)5-2/h11,13,15H,4-10H2,1-3H3. The summed E-state index contributed by atoms with van der Waals surface area (Å²) in [5.74, 6) is 0. The van der Waals surface area contributed by atoms with Gasteiger partial charge in [0.15, 0.2) is 0 Å². The van der Waals surface area contributed by atoms with Gasteiger partial charge < -0.3 is 10.4 Å². The lowest BCUT2D eigenvalue weighted by molar-refractivity contribution is 0.0543. The lowest BCUT2D eigenvalue weighted by Crippen LogP contribution is -2.43. The summed E-state index contributed by atoms with van der Waals surface area (Å²) in [5, 5.41) is 13.2. The van der Waals surface area contributed by atoms with Gasteiger partial charge in [0.2, 0.25) is 0 Å². The Morgan fingerprint density at radius 1 is 1.47 bits per heavy atom. The fraction of sp³-hybridized carbons (Fsp3) is 1.00. The van der Waals surface area contributed by atoms with Gasteiger partial charge in [-0.05, 0) is 39.3 Å². The topological polar surface area (TPSA) is 35.5 Å². The van der Waals surface area contributed by atoms with E-state index in [1.807, 2.05) is 13.8 Å². The van der Waals surface area contributed by atoms with E-state index in [0.29, 0.717) is 12.6 Å². The van der Waals surface area contributed by atoms with Gasteiger partial charge in [-0.1, -0.05) is 13.8 Å². The Morgan fingerprint density at radius 2 is 2.20 bits per heavy atom. The van der Waals surface area contributed by atoms with Crippen LogP contribution in [0.1, 0.15) is 40.0 Å². The molecule has 2 N–H and O–H groups in total. The van der Waals surface area contributed by atoms with Gasteiger partial charge in [0.05, 0.1) is 5.60 Å². The first kappa shape index (κ1) is 12.9. The Balaban J connectivity index is 2.19. The van der Waals surface area contributed by atoms with E-state index in [9.17, 15) is 5.11 Å². The van der Waals surface area contributed by atoms with Crippen molar-refractivity contribution in [3.8, 4) is 0 Å². The Morgan fingerprint density at radius 3 is 2.80 bits per heavy atom. The van der Waals surface area contributed by atoms with Crippen molar-refractivity contribution in [2.75, 3.05) is 26.2 Å². The first-order chi connectivity index (χ1) is 7.09. The molecule has 0 spiro atoms. The number of aliphatic hydroxyl groups is 1. The number of nitrogens with zero attached hydrogens (tertiary/aromatic N) is 1. The van der Waals surface area contributed by atoms with E-state index < -0.39 is 5.60 Å². The van der Waals surface area contributed by atoms with E-state index in [2.05, 4.69) is 17.1 Å². The van der Waals surface area contributed by atoms with Crippen LogP contribution in [0.15, 0.2) is 0 Å².